The van der Waals surface area contributed by atoms with E-state index < -0.39 is 0 Å². The predicted molar refractivity (Wildman–Crippen MR) is 104 cm³/mol. The predicted octanol–water partition coefficient (Wildman–Crippen LogP) is 5.20. The van der Waals surface area contributed by atoms with Crippen molar-refractivity contribution in [1.82, 2.24) is 9.88 Å². The molecule has 1 aliphatic rings. The number of rotatable bonds is 2. The lowest BCUT2D eigenvalue weighted by Gasteiger charge is -2.30. The van der Waals surface area contributed by atoms with Crippen LogP contribution in [0.4, 0.5) is 4.39 Å². The van der Waals surface area contributed by atoms with Crippen LogP contribution in [0.2, 0.25) is 0 Å². The number of carbonyl (C=O) groups excluding carboxylic acids is 1. The molecule has 3 heterocycles. The Morgan fingerprint density at radius 1 is 1.22 bits per heavy atom. The molecule has 1 aliphatic heterocycles. The Labute approximate surface area is 159 Å². The van der Waals surface area contributed by atoms with E-state index in [9.17, 15) is 9.18 Å². The van der Waals surface area contributed by atoms with Gasteiger partial charge in [0.25, 0.3) is 5.91 Å². The second-order valence-corrected chi connectivity index (χ2v) is 7.96. The summed E-state index contributed by atoms with van der Waals surface area (Å²) in [5.41, 5.74) is 1.62. The van der Waals surface area contributed by atoms with Crippen molar-refractivity contribution in [2.75, 3.05) is 13.1 Å². The fourth-order valence-corrected chi connectivity index (χ4v) is 4.76. The summed E-state index contributed by atoms with van der Waals surface area (Å²) in [5, 5.41) is 0.512. The largest absolute Gasteiger partial charge is 0.440 e. The van der Waals surface area contributed by atoms with Gasteiger partial charge in [-0.25, -0.2) is 9.37 Å². The van der Waals surface area contributed by atoms with E-state index in [1.165, 1.54) is 17.4 Å². The molecule has 0 N–H and O–H groups in total. The van der Waals surface area contributed by atoms with Crippen molar-refractivity contribution in [3.63, 3.8) is 0 Å². The summed E-state index contributed by atoms with van der Waals surface area (Å²) >= 11 is 1.34. The minimum atomic E-state index is -0.286. The van der Waals surface area contributed by atoms with Crippen molar-refractivity contribution in [1.29, 1.82) is 0 Å². The van der Waals surface area contributed by atoms with Crippen molar-refractivity contribution < 1.29 is 13.6 Å². The maximum atomic E-state index is 14.0. The van der Waals surface area contributed by atoms with Gasteiger partial charge in [-0.1, -0.05) is 18.2 Å². The fraction of sp³-hybridized carbons (Fsp3) is 0.238. The highest BCUT2D eigenvalue weighted by Gasteiger charge is 2.29. The number of oxazole rings is 1. The zero-order valence-electron chi connectivity index (χ0n) is 14.5. The number of aromatic nitrogens is 1. The Kier molecular flexibility index (Phi) is 3.93. The molecule has 2 aromatic carbocycles. The molecule has 0 aliphatic carbocycles. The minimum absolute atomic E-state index is 0.0450. The molecule has 0 spiro atoms. The van der Waals surface area contributed by atoms with Crippen LogP contribution in [0.15, 0.2) is 52.9 Å². The van der Waals surface area contributed by atoms with E-state index in [0.29, 0.717) is 29.2 Å². The van der Waals surface area contributed by atoms with Crippen LogP contribution in [0.3, 0.4) is 0 Å². The first-order valence-electron chi connectivity index (χ1n) is 9.02. The van der Waals surface area contributed by atoms with Gasteiger partial charge in [-0.3, -0.25) is 4.79 Å². The van der Waals surface area contributed by atoms with E-state index in [0.717, 1.165) is 28.6 Å². The lowest BCUT2D eigenvalue weighted by Crippen LogP contribution is -2.38. The second kappa shape index (κ2) is 6.46. The van der Waals surface area contributed by atoms with E-state index in [-0.39, 0.29) is 17.6 Å². The first kappa shape index (κ1) is 16.4. The Morgan fingerprint density at radius 3 is 2.96 bits per heavy atom. The van der Waals surface area contributed by atoms with Crippen LogP contribution in [0.5, 0.6) is 0 Å². The van der Waals surface area contributed by atoms with E-state index in [4.69, 9.17) is 4.42 Å². The molecule has 1 fully saturated rings. The molecule has 5 rings (SSSR count). The van der Waals surface area contributed by atoms with Gasteiger partial charge in [0.1, 0.15) is 11.3 Å². The molecule has 0 radical (unpaired) electrons. The van der Waals surface area contributed by atoms with Crippen LogP contribution in [0.1, 0.15) is 34.3 Å². The number of thiophene rings is 1. The molecule has 4 aromatic rings. The van der Waals surface area contributed by atoms with Crippen LogP contribution in [-0.4, -0.2) is 28.9 Å². The van der Waals surface area contributed by atoms with Crippen LogP contribution >= 0.6 is 11.3 Å². The molecule has 27 heavy (non-hydrogen) atoms. The van der Waals surface area contributed by atoms with Gasteiger partial charge in [0.05, 0.1) is 10.8 Å². The first-order chi connectivity index (χ1) is 13.2. The summed E-state index contributed by atoms with van der Waals surface area (Å²) in [6.07, 6.45) is 1.84. The number of amides is 1. The Morgan fingerprint density at radius 2 is 2.11 bits per heavy atom. The standard InChI is InChI=1S/C21H17FN2O2S/c22-15-6-3-9-18-14(15)11-19(27-18)21(25)24-10-4-5-13(12-24)20-23-16-7-1-2-8-17(16)26-20/h1-3,6-9,11,13H,4-5,10,12H2/t13-/m1/s1. The molecule has 0 saturated carbocycles. The average Bonchev–Trinajstić information content (AvgIpc) is 3.32. The molecule has 1 amide bonds. The second-order valence-electron chi connectivity index (χ2n) is 6.87. The third kappa shape index (κ3) is 2.90. The number of likely N-dealkylation sites (tertiary alicyclic amines) is 1. The Bertz CT molecular complexity index is 1120. The molecule has 1 atom stereocenters. The molecular weight excluding hydrogens is 363 g/mol. The monoisotopic (exact) mass is 380 g/mol. The molecular formula is C21H17FN2O2S. The summed E-state index contributed by atoms with van der Waals surface area (Å²) in [7, 11) is 0. The van der Waals surface area contributed by atoms with Crippen molar-refractivity contribution in [2.45, 2.75) is 18.8 Å². The molecule has 2 aromatic heterocycles. The number of benzene rings is 2. The number of carbonyl (C=O) groups is 1. The van der Waals surface area contributed by atoms with Gasteiger partial charge in [-0.15, -0.1) is 11.3 Å². The van der Waals surface area contributed by atoms with E-state index in [1.807, 2.05) is 35.2 Å². The molecule has 1 saturated heterocycles. The van der Waals surface area contributed by atoms with Gasteiger partial charge in [0.15, 0.2) is 11.5 Å². The van der Waals surface area contributed by atoms with Gasteiger partial charge in [-0.05, 0) is 43.2 Å². The summed E-state index contributed by atoms with van der Waals surface area (Å²) in [4.78, 5) is 20.0. The van der Waals surface area contributed by atoms with E-state index in [2.05, 4.69) is 4.98 Å². The number of hydrogen-bond donors (Lipinski definition) is 0. The van der Waals surface area contributed by atoms with Crippen LogP contribution in [0.25, 0.3) is 21.2 Å². The van der Waals surface area contributed by atoms with Crippen molar-refractivity contribution >= 4 is 38.4 Å². The smallest absolute Gasteiger partial charge is 0.263 e. The highest BCUT2D eigenvalue weighted by atomic mass is 32.1. The lowest BCUT2D eigenvalue weighted by atomic mass is 9.98. The maximum Gasteiger partial charge on any atom is 0.263 e. The Hall–Kier alpha value is -2.73. The third-order valence-electron chi connectivity index (χ3n) is 5.09. The van der Waals surface area contributed by atoms with Gasteiger partial charge in [0, 0.05) is 23.2 Å². The van der Waals surface area contributed by atoms with Crippen molar-refractivity contribution in [3.05, 3.63) is 65.1 Å². The van der Waals surface area contributed by atoms with Gasteiger partial charge in [0.2, 0.25) is 0 Å². The zero-order chi connectivity index (χ0) is 18.4. The summed E-state index contributed by atoms with van der Waals surface area (Å²) in [6.45, 7) is 1.27. The third-order valence-corrected chi connectivity index (χ3v) is 6.18. The fourth-order valence-electron chi connectivity index (χ4n) is 3.71. The Balaban J connectivity index is 1.41. The quantitative estimate of drug-likeness (QED) is 0.480. The SMILES string of the molecule is O=C(c1cc2c(F)cccc2s1)N1CCC[C@@H](c2nc3ccccc3o2)C1. The maximum absolute atomic E-state index is 14.0. The average molecular weight is 380 g/mol. The molecule has 4 nitrogen and oxygen atoms in total. The van der Waals surface area contributed by atoms with Crippen LogP contribution in [0, 0.1) is 5.82 Å². The summed E-state index contributed by atoms with van der Waals surface area (Å²) < 4.78 is 20.7. The zero-order valence-corrected chi connectivity index (χ0v) is 15.3. The number of nitrogens with zero attached hydrogens (tertiary/aromatic N) is 2. The molecule has 0 bridgehead atoms. The van der Waals surface area contributed by atoms with Gasteiger partial charge < -0.3 is 9.32 Å². The number of piperidine rings is 1. The number of halogens is 1. The van der Waals surface area contributed by atoms with Crippen LogP contribution in [-0.2, 0) is 0 Å². The van der Waals surface area contributed by atoms with Gasteiger partial charge >= 0.3 is 0 Å². The van der Waals surface area contributed by atoms with Crippen molar-refractivity contribution in [3.8, 4) is 0 Å². The highest BCUT2D eigenvalue weighted by Crippen LogP contribution is 2.32. The topological polar surface area (TPSA) is 46.3 Å². The van der Waals surface area contributed by atoms with E-state index >= 15 is 0 Å². The molecule has 0 unspecified atom stereocenters. The highest BCUT2D eigenvalue weighted by molar-refractivity contribution is 7.20. The van der Waals surface area contributed by atoms with E-state index in [1.54, 1.807) is 12.1 Å². The molecule has 6 heteroatoms. The first-order valence-corrected chi connectivity index (χ1v) is 9.83. The minimum Gasteiger partial charge on any atom is -0.440 e. The van der Waals surface area contributed by atoms with Crippen LogP contribution < -0.4 is 0 Å². The summed E-state index contributed by atoms with van der Waals surface area (Å²) in [6, 6.07) is 14.3. The number of hydrogen-bond acceptors (Lipinski definition) is 4. The summed E-state index contributed by atoms with van der Waals surface area (Å²) in [5.74, 6) is 0.444. The normalized spacial score (nSPS) is 17.7. The molecule has 136 valence electrons. The lowest BCUT2D eigenvalue weighted by molar-refractivity contribution is 0.0704. The number of fused-ring (bicyclic) bond motifs is 2. The number of para-hydroxylation sites is 2. The van der Waals surface area contributed by atoms with Gasteiger partial charge in [-0.2, -0.15) is 0 Å². The van der Waals surface area contributed by atoms with Crippen molar-refractivity contribution in [2.24, 2.45) is 0 Å².